The van der Waals surface area contributed by atoms with Crippen LogP contribution in [0.1, 0.15) is 49.4 Å². The second-order valence-electron chi connectivity index (χ2n) is 6.13. The van der Waals surface area contributed by atoms with Gasteiger partial charge in [-0.25, -0.2) is 0 Å². The van der Waals surface area contributed by atoms with E-state index in [4.69, 9.17) is 5.73 Å². The van der Waals surface area contributed by atoms with Crippen molar-refractivity contribution in [3.63, 3.8) is 0 Å². The molecule has 0 aliphatic heterocycles. The Balaban J connectivity index is 2.27. The molecule has 0 amide bonds. The molecule has 0 saturated heterocycles. The Morgan fingerprint density at radius 3 is 2.67 bits per heavy atom. The van der Waals surface area contributed by atoms with E-state index in [1.54, 1.807) is 11.1 Å². The summed E-state index contributed by atoms with van der Waals surface area (Å²) in [5.41, 5.74) is 10.5. The van der Waals surface area contributed by atoms with E-state index in [0.717, 1.165) is 13.0 Å². The third-order valence-electron chi connectivity index (χ3n) is 4.31. The molecule has 0 bridgehead atoms. The zero-order valence-corrected chi connectivity index (χ0v) is 11.9. The Morgan fingerprint density at radius 2 is 2.00 bits per heavy atom. The molecule has 18 heavy (non-hydrogen) atoms. The topological polar surface area (TPSA) is 38.0 Å². The normalized spacial score (nSPS) is 16.7. The van der Waals surface area contributed by atoms with Gasteiger partial charge < -0.3 is 11.1 Å². The van der Waals surface area contributed by atoms with Crippen molar-refractivity contribution in [3.8, 4) is 0 Å². The Labute approximate surface area is 111 Å². The smallest absolute Gasteiger partial charge is 0.0369 e. The molecular weight excluding hydrogens is 220 g/mol. The predicted molar refractivity (Wildman–Crippen MR) is 77.7 cm³/mol. The van der Waals surface area contributed by atoms with E-state index >= 15 is 0 Å². The molecule has 3 N–H and O–H groups in total. The summed E-state index contributed by atoms with van der Waals surface area (Å²) in [5, 5.41) is 3.48. The van der Waals surface area contributed by atoms with Crippen molar-refractivity contribution in [1.82, 2.24) is 5.32 Å². The minimum Gasteiger partial charge on any atom is -0.330 e. The average molecular weight is 246 g/mol. The minimum absolute atomic E-state index is 0.191. The fourth-order valence-electron chi connectivity index (χ4n) is 3.30. The number of benzene rings is 1. The van der Waals surface area contributed by atoms with Crippen LogP contribution in [0.2, 0.25) is 0 Å². The number of hydrogen-bond donors (Lipinski definition) is 2. The zero-order chi connectivity index (χ0) is 13.2. The summed E-state index contributed by atoms with van der Waals surface area (Å²) in [7, 11) is 2.05. The van der Waals surface area contributed by atoms with Crippen molar-refractivity contribution in [1.29, 1.82) is 0 Å². The van der Waals surface area contributed by atoms with Crippen molar-refractivity contribution in [2.75, 3.05) is 13.6 Å². The van der Waals surface area contributed by atoms with Gasteiger partial charge in [-0.15, -0.1) is 0 Å². The Morgan fingerprint density at radius 1 is 1.28 bits per heavy atom. The molecule has 1 atom stereocenters. The van der Waals surface area contributed by atoms with Crippen molar-refractivity contribution in [2.24, 2.45) is 11.1 Å². The highest BCUT2D eigenvalue weighted by Crippen LogP contribution is 2.37. The molecule has 2 heteroatoms. The van der Waals surface area contributed by atoms with Crippen LogP contribution < -0.4 is 11.1 Å². The van der Waals surface area contributed by atoms with Crippen LogP contribution in [0.15, 0.2) is 18.2 Å². The molecule has 1 aromatic carbocycles. The molecule has 1 aromatic rings. The summed E-state index contributed by atoms with van der Waals surface area (Å²) >= 11 is 0. The molecule has 1 aliphatic rings. The maximum Gasteiger partial charge on any atom is 0.0369 e. The molecule has 0 heterocycles. The average Bonchev–Trinajstić information content (AvgIpc) is 2.76. The number of rotatable bonds is 5. The highest BCUT2D eigenvalue weighted by molar-refractivity contribution is 5.37. The highest BCUT2D eigenvalue weighted by Gasteiger charge is 2.29. The largest absolute Gasteiger partial charge is 0.330 e. The molecule has 0 saturated carbocycles. The lowest BCUT2D eigenvalue weighted by Gasteiger charge is -2.34. The standard InChI is InChI=1S/C16H26N2/c1-16(2,9-10-17)15(18-3)14-8-7-12-5-4-6-13(12)11-14/h7-8,11,15,18H,4-6,9-10,17H2,1-3H3. The van der Waals surface area contributed by atoms with E-state index in [0.29, 0.717) is 6.04 Å². The fourth-order valence-corrected chi connectivity index (χ4v) is 3.30. The van der Waals surface area contributed by atoms with Gasteiger partial charge in [-0.05, 0) is 61.4 Å². The van der Waals surface area contributed by atoms with Crippen LogP contribution in [0.25, 0.3) is 0 Å². The van der Waals surface area contributed by atoms with Crippen LogP contribution in [0.4, 0.5) is 0 Å². The molecule has 0 aromatic heterocycles. The van der Waals surface area contributed by atoms with E-state index in [-0.39, 0.29) is 5.41 Å². The summed E-state index contributed by atoms with van der Waals surface area (Å²) in [6.45, 7) is 5.35. The maximum absolute atomic E-state index is 5.75. The molecule has 100 valence electrons. The van der Waals surface area contributed by atoms with Crippen LogP contribution >= 0.6 is 0 Å². The summed E-state index contributed by atoms with van der Waals surface area (Å²) in [5.74, 6) is 0. The number of nitrogens with one attached hydrogen (secondary N) is 1. The summed E-state index contributed by atoms with van der Waals surface area (Å²) in [6, 6.07) is 7.40. The first-order valence-corrected chi connectivity index (χ1v) is 7.07. The Hall–Kier alpha value is -0.860. The molecule has 0 spiro atoms. The summed E-state index contributed by atoms with van der Waals surface area (Å²) < 4.78 is 0. The Bertz CT molecular complexity index is 410. The van der Waals surface area contributed by atoms with Gasteiger partial charge in [0.15, 0.2) is 0 Å². The third kappa shape index (κ3) is 2.60. The highest BCUT2D eigenvalue weighted by atomic mass is 14.9. The molecule has 1 unspecified atom stereocenters. The van der Waals surface area contributed by atoms with E-state index in [1.807, 2.05) is 0 Å². The lowest BCUT2D eigenvalue weighted by Crippen LogP contribution is -2.33. The summed E-state index contributed by atoms with van der Waals surface area (Å²) in [6.07, 6.45) is 4.85. The molecule has 0 fully saturated rings. The second-order valence-corrected chi connectivity index (χ2v) is 6.13. The fraction of sp³-hybridized carbons (Fsp3) is 0.625. The van der Waals surface area contributed by atoms with Crippen LogP contribution in [0.3, 0.4) is 0 Å². The quantitative estimate of drug-likeness (QED) is 0.838. The van der Waals surface area contributed by atoms with Gasteiger partial charge in [0.05, 0.1) is 0 Å². The van der Waals surface area contributed by atoms with E-state index in [9.17, 15) is 0 Å². The molecule has 0 radical (unpaired) electrons. The SMILES string of the molecule is CNC(c1ccc2c(c1)CCC2)C(C)(C)CCN. The molecule has 2 nitrogen and oxygen atoms in total. The number of nitrogens with two attached hydrogens (primary N) is 1. The first-order chi connectivity index (χ1) is 8.58. The van der Waals surface area contributed by atoms with Gasteiger partial charge in [0.25, 0.3) is 0 Å². The minimum atomic E-state index is 0.191. The lowest BCUT2D eigenvalue weighted by atomic mass is 9.77. The van der Waals surface area contributed by atoms with Crippen molar-refractivity contribution in [3.05, 3.63) is 34.9 Å². The van der Waals surface area contributed by atoms with E-state index in [1.165, 1.54) is 24.8 Å². The van der Waals surface area contributed by atoms with Gasteiger partial charge in [-0.3, -0.25) is 0 Å². The second kappa shape index (κ2) is 5.41. The monoisotopic (exact) mass is 246 g/mol. The van der Waals surface area contributed by atoms with Crippen molar-refractivity contribution < 1.29 is 0 Å². The van der Waals surface area contributed by atoms with Gasteiger partial charge in [0.2, 0.25) is 0 Å². The number of fused-ring (bicyclic) bond motifs is 1. The van der Waals surface area contributed by atoms with Gasteiger partial charge in [-0.1, -0.05) is 32.0 Å². The molecule has 2 rings (SSSR count). The predicted octanol–water partition coefficient (Wildman–Crippen LogP) is 2.81. The molecular formula is C16H26N2. The molecule has 1 aliphatic carbocycles. The Kier molecular flexibility index (Phi) is 4.08. The third-order valence-corrected chi connectivity index (χ3v) is 4.31. The van der Waals surface area contributed by atoms with Gasteiger partial charge in [0.1, 0.15) is 0 Å². The van der Waals surface area contributed by atoms with Crippen LogP contribution in [0.5, 0.6) is 0 Å². The summed E-state index contributed by atoms with van der Waals surface area (Å²) in [4.78, 5) is 0. The van der Waals surface area contributed by atoms with Gasteiger partial charge in [-0.2, -0.15) is 0 Å². The van der Waals surface area contributed by atoms with Gasteiger partial charge in [0, 0.05) is 6.04 Å². The van der Waals surface area contributed by atoms with Crippen LogP contribution in [-0.4, -0.2) is 13.6 Å². The van der Waals surface area contributed by atoms with Crippen molar-refractivity contribution in [2.45, 2.75) is 45.6 Å². The number of aryl methyl sites for hydroxylation is 2. The number of hydrogen-bond acceptors (Lipinski definition) is 2. The van der Waals surface area contributed by atoms with Crippen LogP contribution in [-0.2, 0) is 12.8 Å². The van der Waals surface area contributed by atoms with E-state index < -0.39 is 0 Å². The first kappa shape index (κ1) is 13.6. The first-order valence-electron chi connectivity index (χ1n) is 7.07. The van der Waals surface area contributed by atoms with Gasteiger partial charge >= 0.3 is 0 Å². The van der Waals surface area contributed by atoms with Crippen LogP contribution in [0, 0.1) is 5.41 Å². The van der Waals surface area contributed by atoms with Crippen molar-refractivity contribution >= 4 is 0 Å². The lowest BCUT2D eigenvalue weighted by molar-refractivity contribution is 0.239. The van der Waals surface area contributed by atoms with E-state index in [2.05, 4.69) is 44.4 Å². The zero-order valence-electron chi connectivity index (χ0n) is 11.9. The maximum atomic E-state index is 5.75.